The molecule has 5 heteroatoms. The monoisotopic (exact) mass is 240 g/mol. The standard InChI is InChI=1S/C12H20N2O3/c1-5-14(7-9(3)4)12-13-10(8-17-12)11(15)16-6-2/h8-9H,5-7H2,1-4H3. The van der Waals surface area contributed by atoms with Crippen molar-refractivity contribution in [3.05, 3.63) is 12.0 Å². The van der Waals surface area contributed by atoms with Crippen molar-refractivity contribution < 1.29 is 13.9 Å². The maximum atomic E-state index is 11.4. The number of oxazole rings is 1. The Morgan fingerprint density at radius 1 is 1.53 bits per heavy atom. The summed E-state index contributed by atoms with van der Waals surface area (Å²) < 4.78 is 10.2. The molecule has 17 heavy (non-hydrogen) atoms. The van der Waals surface area contributed by atoms with Gasteiger partial charge in [0.15, 0.2) is 5.69 Å². The van der Waals surface area contributed by atoms with Gasteiger partial charge in [0.25, 0.3) is 6.01 Å². The van der Waals surface area contributed by atoms with Gasteiger partial charge in [0.05, 0.1) is 6.61 Å². The average Bonchev–Trinajstić information content (AvgIpc) is 2.75. The maximum Gasteiger partial charge on any atom is 0.360 e. The van der Waals surface area contributed by atoms with Gasteiger partial charge in [0.2, 0.25) is 0 Å². The summed E-state index contributed by atoms with van der Waals surface area (Å²) in [6.45, 7) is 10.0. The molecular weight excluding hydrogens is 220 g/mol. The fourth-order valence-corrected chi connectivity index (χ4v) is 1.49. The summed E-state index contributed by atoms with van der Waals surface area (Å²) in [6.07, 6.45) is 1.34. The van der Waals surface area contributed by atoms with Crippen molar-refractivity contribution in [2.75, 3.05) is 24.6 Å². The lowest BCUT2D eigenvalue weighted by atomic mass is 10.2. The van der Waals surface area contributed by atoms with Gasteiger partial charge < -0.3 is 14.1 Å². The molecule has 0 aliphatic carbocycles. The molecule has 0 spiro atoms. The van der Waals surface area contributed by atoms with E-state index in [1.165, 1.54) is 6.26 Å². The van der Waals surface area contributed by atoms with E-state index in [0.717, 1.165) is 13.1 Å². The highest BCUT2D eigenvalue weighted by Crippen LogP contribution is 2.15. The lowest BCUT2D eigenvalue weighted by Crippen LogP contribution is -2.27. The van der Waals surface area contributed by atoms with Crippen molar-refractivity contribution in [2.45, 2.75) is 27.7 Å². The SMILES string of the molecule is CCOC(=O)c1coc(N(CC)CC(C)C)n1. The highest BCUT2D eigenvalue weighted by atomic mass is 16.5. The van der Waals surface area contributed by atoms with Crippen LogP contribution < -0.4 is 4.90 Å². The summed E-state index contributed by atoms with van der Waals surface area (Å²) in [5.74, 6) is 0.0657. The van der Waals surface area contributed by atoms with Crippen molar-refractivity contribution in [1.82, 2.24) is 4.98 Å². The summed E-state index contributed by atoms with van der Waals surface area (Å²) in [6, 6.07) is 0.476. The van der Waals surface area contributed by atoms with Crippen molar-refractivity contribution in [3.63, 3.8) is 0 Å². The predicted octanol–water partition coefficient (Wildman–Crippen LogP) is 2.33. The molecule has 0 saturated carbocycles. The number of hydrogen-bond donors (Lipinski definition) is 0. The van der Waals surface area contributed by atoms with E-state index in [4.69, 9.17) is 9.15 Å². The Kier molecular flexibility index (Phi) is 5.00. The Hall–Kier alpha value is -1.52. The van der Waals surface area contributed by atoms with Crippen LogP contribution in [0.4, 0.5) is 6.01 Å². The molecular formula is C12H20N2O3. The van der Waals surface area contributed by atoms with E-state index in [1.54, 1.807) is 6.92 Å². The molecule has 5 nitrogen and oxygen atoms in total. The number of rotatable bonds is 6. The summed E-state index contributed by atoms with van der Waals surface area (Å²) in [5, 5.41) is 0. The molecule has 1 rings (SSSR count). The third kappa shape index (κ3) is 3.76. The van der Waals surface area contributed by atoms with Crippen LogP contribution in [0.15, 0.2) is 10.7 Å². The van der Waals surface area contributed by atoms with Gasteiger partial charge in [0, 0.05) is 13.1 Å². The van der Waals surface area contributed by atoms with Crippen LogP contribution >= 0.6 is 0 Å². The molecule has 0 unspecified atom stereocenters. The number of anilines is 1. The Bertz CT molecular complexity index is 360. The van der Waals surface area contributed by atoms with Crippen molar-refractivity contribution in [2.24, 2.45) is 5.92 Å². The largest absolute Gasteiger partial charge is 0.461 e. The van der Waals surface area contributed by atoms with E-state index in [0.29, 0.717) is 18.5 Å². The van der Waals surface area contributed by atoms with Crippen LogP contribution in [0.3, 0.4) is 0 Å². The quantitative estimate of drug-likeness (QED) is 0.714. The molecule has 1 aromatic heterocycles. The predicted molar refractivity (Wildman–Crippen MR) is 65.2 cm³/mol. The first-order chi connectivity index (χ1) is 8.08. The highest BCUT2D eigenvalue weighted by Gasteiger charge is 2.17. The molecule has 0 saturated heterocycles. The van der Waals surface area contributed by atoms with Crippen LogP contribution in [0.2, 0.25) is 0 Å². The molecule has 96 valence electrons. The normalized spacial score (nSPS) is 10.6. The van der Waals surface area contributed by atoms with Gasteiger partial charge in [-0.1, -0.05) is 13.8 Å². The lowest BCUT2D eigenvalue weighted by Gasteiger charge is -2.20. The first-order valence-corrected chi connectivity index (χ1v) is 5.96. The van der Waals surface area contributed by atoms with Crippen LogP contribution in [-0.4, -0.2) is 30.6 Å². The van der Waals surface area contributed by atoms with Crippen LogP contribution in [0.1, 0.15) is 38.2 Å². The van der Waals surface area contributed by atoms with Crippen LogP contribution in [0.5, 0.6) is 0 Å². The van der Waals surface area contributed by atoms with E-state index in [-0.39, 0.29) is 5.69 Å². The molecule has 1 aromatic rings. The van der Waals surface area contributed by atoms with Crippen molar-refractivity contribution in [3.8, 4) is 0 Å². The van der Waals surface area contributed by atoms with E-state index in [9.17, 15) is 4.79 Å². The highest BCUT2D eigenvalue weighted by molar-refractivity contribution is 5.87. The second kappa shape index (κ2) is 6.27. The number of aromatic nitrogens is 1. The van der Waals surface area contributed by atoms with Crippen LogP contribution in [-0.2, 0) is 4.74 Å². The molecule has 0 N–H and O–H groups in total. The zero-order chi connectivity index (χ0) is 12.8. The van der Waals surface area contributed by atoms with Gasteiger partial charge in [-0.05, 0) is 19.8 Å². The Morgan fingerprint density at radius 3 is 2.76 bits per heavy atom. The number of ether oxygens (including phenoxy) is 1. The van der Waals surface area contributed by atoms with Crippen LogP contribution in [0.25, 0.3) is 0 Å². The molecule has 0 amide bonds. The third-order valence-electron chi connectivity index (χ3n) is 2.21. The van der Waals surface area contributed by atoms with Gasteiger partial charge in [-0.2, -0.15) is 4.98 Å². The number of carbonyl (C=O) groups excluding carboxylic acids is 1. The van der Waals surface area contributed by atoms with Gasteiger partial charge in [-0.3, -0.25) is 0 Å². The number of esters is 1. The maximum absolute atomic E-state index is 11.4. The Morgan fingerprint density at radius 2 is 2.24 bits per heavy atom. The first kappa shape index (κ1) is 13.5. The van der Waals surface area contributed by atoms with Crippen LogP contribution in [0, 0.1) is 5.92 Å². The zero-order valence-corrected chi connectivity index (χ0v) is 10.9. The van der Waals surface area contributed by atoms with Crippen molar-refractivity contribution in [1.29, 1.82) is 0 Å². The summed E-state index contributed by atoms with van der Waals surface area (Å²) >= 11 is 0. The molecule has 1 heterocycles. The molecule has 0 aromatic carbocycles. The topological polar surface area (TPSA) is 55.6 Å². The lowest BCUT2D eigenvalue weighted by molar-refractivity contribution is 0.0519. The number of carbonyl (C=O) groups is 1. The minimum atomic E-state index is -0.442. The average molecular weight is 240 g/mol. The van der Waals surface area contributed by atoms with Gasteiger partial charge in [-0.25, -0.2) is 4.79 Å². The van der Waals surface area contributed by atoms with E-state index < -0.39 is 5.97 Å². The second-order valence-electron chi connectivity index (χ2n) is 4.17. The number of hydrogen-bond acceptors (Lipinski definition) is 5. The molecule has 0 aliphatic heterocycles. The van der Waals surface area contributed by atoms with E-state index in [2.05, 4.69) is 18.8 Å². The smallest absolute Gasteiger partial charge is 0.360 e. The number of nitrogens with zero attached hydrogens (tertiary/aromatic N) is 2. The Balaban J connectivity index is 2.74. The third-order valence-corrected chi connectivity index (χ3v) is 2.21. The van der Waals surface area contributed by atoms with Gasteiger partial charge in [-0.15, -0.1) is 0 Å². The Labute approximate surface area is 102 Å². The molecule has 0 atom stereocenters. The molecule has 0 bridgehead atoms. The van der Waals surface area contributed by atoms with E-state index in [1.807, 2.05) is 11.8 Å². The fourth-order valence-electron chi connectivity index (χ4n) is 1.49. The van der Waals surface area contributed by atoms with E-state index >= 15 is 0 Å². The minimum Gasteiger partial charge on any atom is -0.461 e. The molecule has 0 radical (unpaired) electrons. The zero-order valence-electron chi connectivity index (χ0n) is 10.9. The van der Waals surface area contributed by atoms with Gasteiger partial charge in [0.1, 0.15) is 6.26 Å². The minimum absolute atomic E-state index is 0.226. The van der Waals surface area contributed by atoms with Gasteiger partial charge >= 0.3 is 5.97 Å². The molecule has 0 fully saturated rings. The fraction of sp³-hybridized carbons (Fsp3) is 0.667. The summed E-state index contributed by atoms with van der Waals surface area (Å²) in [7, 11) is 0. The molecule has 0 aliphatic rings. The second-order valence-corrected chi connectivity index (χ2v) is 4.17. The summed E-state index contributed by atoms with van der Waals surface area (Å²) in [4.78, 5) is 17.6. The van der Waals surface area contributed by atoms with Crippen molar-refractivity contribution >= 4 is 12.0 Å². The first-order valence-electron chi connectivity index (χ1n) is 5.96. The summed E-state index contributed by atoms with van der Waals surface area (Å²) in [5.41, 5.74) is 0.226.